The molecule has 0 heterocycles. The van der Waals surface area contributed by atoms with Crippen LogP contribution in [0.25, 0.3) is 0 Å². The van der Waals surface area contributed by atoms with Crippen molar-refractivity contribution in [3.63, 3.8) is 0 Å². The summed E-state index contributed by atoms with van der Waals surface area (Å²) in [5.74, 6) is 0.554. The van der Waals surface area contributed by atoms with Crippen molar-refractivity contribution in [3.05, 3.63) is 57.2 Å². The van der Waals surface area contributed by atoms with Gasteiger partial charge < -0.3 is 10.1 Å². The van der Waals surface area contributed by atoms with E-state index in [4.69, 9.17) is 4.74 Å². The van der Waals surface area contributed by atoms with Gasteiger partial charge in [-0.2, -0.15) is 0 Å². The lowest BCUT2D eigenvalue weighted by Crippen LogP contribution is -2.20. The molecular formula is C16H16INO2. The Morgan fingerprint density at radius 2 is 1.90 bits per heavy atom. The van der Waals surface area contributed by atoms with Gasteiger partial charge in [0.2, 0.25) is 0 Å². The molecule has 0 saturated heterocycles. The first-order chi connectivity index (χ1) is 9.56. The molecule has 0 aliphatic rings. The number of hydrogen-bond donors (Lipinski definition) is 1. The van der Waals surface area contributed by atoms with Gasteiger partial charge in [-0.05, 0) is 71.8 Å². The second-order valence-electron chi connectivity index (χ2n) is 4.56. The van der Waals surface area contributed by atoms with Crippen molar-refractivity contribution in [2.75, 3.05) is 11.9 Å². The normalized spacial score (nSPS) is 10.2. The van der Waals surface area contributed by atoms with E-state index in [1.165, 1.54) is 5.56 Å². The van der Waals surface area contributed by atoms with Gasteiger partial charge in [-0.3, -0.25) is 4.79 Å². The molecule has 0 saturated carbocycles. The lowest BCUT2D eigenvalue weighted by molar-refractivity contribution is -0.118. The minimum atomic E-state index is -0.160. The van der Waals surface area contributed by atoms with Gasteiger partial charge in [-0.15, -0.1) is 0 Å². The van der Waals surface area contributed by atoms with Gasteiger partial charge in [0.05, 0.1) is 5.69 Å². The number of aryl methyl sites for hydroxylation is 2. The van der Waals surface area contributed by atoms with Crippen LogP contribution in [0.5, 0.6) is 5.75 Å². The van der Waals surface area contributed by atoms with Crippen LogP contribution >= 0.6 is 22.6 Å². The third-order valence-corrected chi connectivity index (χ3v) is 3.94. The van der Waals surface area contributed by atoms with Crippen LogP contribution in [0.15, 0.2) is 42.5 Å². The van der Waals surface area contributed by atoms with Gasteiger partial charge >= 0.3 is 0 Å². The summed E-state index contributed by atoms with van der Waals surface area (Å²) in [4.78, 5) is 11.9. The number of carbonyl (C=O) groups excluding carboxylic acids is 1. The van der Waals surface area contributed by atoms with E-state index in [1.54, 1.807) is 0 Å². The number of rotatable bonds is 4. The van der Waals surface area contributed by atoms with Gasteiger partial charge in [-0.25, -0.2) is 0 Å². The molecule has 0 aliphatic heterocycles. The van der Waals surface area contributed by atoms with Crippen molar-refractivity contribution < 1.29 is 9.53 Å². The molecule has 1 amide bonds. The molecule has 1 N–H and O–H groups in total. The summed E-state index contributed by atoms with van der Waals surface area (Å²) in [6, 6.07) is 13.4. The molecule has 3 nitrogen and oxygen atoms in total. The number of carbonyl (C=O) groups is 1. The molecule has 2 aromatic carbocycles. The van der Waals surface area contributed by atoms with Crippen LogP contribution in [0.3, 0.4) is 0 Å². The quantitative estimate of drug-likeness (QED) is 0.816. The number of hydrogen-bond acceptors (Lipinski definition) is 2. The summed E-state index contributed by atoms with van der Waals surface area (Å²) >= 11 is 2.19. The van der Waals surface area contributed by atoms with Crippen LogP contribution in [0.2, 0.25) is 0 Å². The maximum absolute atomic E-state index is 11.9. The highest BCUT2D eigenvalue weighted by Gasteiger charge is 2.06. The molecule has 4 heteroatoms. The van der Waals surface area contributed by atoms with Crippen molar-refractivity contribution >= 4 is 34.2 Å². The molecule has 2 rings (SSSR count). The molecule has 20 heavy (non-hydrogen) atoms. The molecule has 0 radical (unpaired) electrons. The predicted molar refractivity (Wildman–Crippen MR) is 89.2 cm³/mol. The molecule has 0 aromatic heterocycles. The molecule has 0 unspecified atom stereocenters. The molecule has 104 valence electrons. The van der Waals surface area contributed by atoms with Crippen LogP contribution in [0.1, 0.15) is 11.1 Å². The molecule has 0 fully saturated rings. The van der Waals surface area contributed by atoms with Gasteiger partial charge in [0.1, 0.15) is 5.75 Å². The van der Waals surface area contributed by atoms with Crippen molar-refractivity contribution in [3.8, 4) is 5.75 Å². The second-order valence-corrected chi connectivity index (χ2v) is 5.72. The molecule has 0 atom stereocenters. The lowest BCUT2D eigenvalue weighted by atomic mass is 10.1. The van der Waals surface area contributed by atoms with Crippen LogP contribution in [-0.2, 0) is 4.79 Å². The van der Waals surface area contributed by atoms with E-state index in [0.29, 0.717) is 5.75 Å². The van der Waals surface area contributed by atoms with Gasteiger partial charge in [0.15, 0.2) is 6.61 Å². The Hall–Kier alpha value is -1.56. The van der Waals surface area contributed by atoms with E-state index in [2.05, 4.69) is 27.9 Å². The van der Waals surface area contributed by atoms with Crippen molar-refractivity contribution in [2.24, 2.45) is 0 Å². The van der Waals surface area contributed by atoms with E-state index in [9.17, 15) is 4.79 Å². The zero-order chi connectivity index (χ0) is 14.5. The minimum Gasteiger partial charge on any atom is -0.484 e. The van der Waals surface area contributed by atoms with E-state index >= 15 is 0 Å². The van der Waals surface area contributed by atoms with Crippen molar-refractivity contribution in [2.45, 2.75) is 13.8 Å². The average molecular weight is 381 g/mol. The van der Waals surface area contributed by atoms with E-state index in [-0.39, 0.29) is 12.5 Å². The van der Waals surface area contributed by atoms with Gasteiger partial charge in [0.25, 0.3) is 5.91 Å². The van der Waals surface area contributed by atoms with Gasteiger partial charge in [-0.1, -0.05) is 18.2 Å². The molecule has 2 aromatic rings. The number of benzene rings is 2. The molecule has 0 aliphatic carbocycles. The first-order valence-electron chi connectivity index (χ1n) is 6.30. The fourth-order valence-electron chi connectivity index (χ4n) is 1.70. The Kier molecular flexibility index (Phi) is 5.00. The molecular weight excluding hydrogens is 365 g/mol. The van der Waals surface area contributed by atoms with E-state index in [0.717, 1.165) is 14.8 Å². The summed E-state index contributed by atoms with van der Waals surface area (Å²) in [7, 11) is 0. The third-order valence-electron chi connectivity index (χ3n) is 3.00. The molecule has 0 spiro atoms. The summed E-state index contributed by atoms with van der Waals surface area (Å²) in [6.45, 7) is 4.07. The average Bonchev–Trinajstić information content (AvgIpc) is 2.43. The van der Waals surface area contributed by atoms with Crippen LogP contribution in [0, 0.1) is 17.4 Å². The Labute approximate surface area is 132 Å². The number of nitrogens with one attached hydrogen (secondary N) is 1. The number of anilines is 1. The Balaban J connectivity index is 1.92. The Morgan fingerprint density at radius 1 is 1.15 bits per heavy atom. The highest BCUT2D eigenvalue weighted by atomic mass is 127. The lowest BCUT2D eigenvalue weighted by Gasteiger charge is -2.10. The number of ether oxygens (including phenoxy) is 1. The fourth-order valence-corrected chi connectivity index (χ4v) is 2.22. The van der Waals surface area contributed by atoms with Crippen molar-refractivity contribution in [1.29, 1.82) is 0 Å². The van der Waals surface area contributed by atoms with Crippen LogP contribution in [-0.4, -0.2) is 12.5 Å². The fraction of sp³-hybridized carbons (Fsp3) is 0.188. The first kappa shape index (κ1) is 14.8. The van der Waals surface area contributed by atoms with Crippen LogP contribution in [0.4, 0.5) is 5.69 Å². The van der Waals surface area contributed by atoms with Crippen molar-refractivity contribution in [1.82, 2.24) is 0 Å². The predicted octanol–water partition coefficient (Wildman–Crippen LogP) is 3.93. The first-order valence-corrected chi connectivity index (χ1v) is 7.38. The monoisotopic (exact) mass is 381 g/mol. The Bertz CT molecular complexity index is 626. The maximum Gasteiger partial charge on any atom is 0.262 e. The summed E-state index contributed by atoms with van der Waals surface area (Å²) in [6.07, 6.45) is 0. The third kappa shape index (κ3) is 3.96. The standard InChI is InChI=1S/C16H16INO2/c1-11-7-8-13(9-12(11)2)20-10-16(19)18-15-6-4-3-5-14(15)17/h3-9H,10H2,1-2H3,(H,18,19). The molecule has 0 bridgehead atoms. The summed E-state index contributed by atoms with van der Waals surface area (Å²) in [5.41, 5.74) is 3.17. The smallest absolute Gasteiger partial charge is 0.262 e. The number of para-hydroxylation sites is 1. The number of halogens is 1. The van der Waals surface area contributed by atoms with E-state index in [1.807, 2.05) is 56.3 Å². The van der Waals surface area contributed by atoms with Gasteiger partial charge in [0, 0.05) is 3.57 Å². The zero-order valence-corrected chi connectivity index (χ0v) is 13.6. The largest absolute Gasteiger partial charge is 0.484 e. The van der Waals surface area contributed by atoms with Crippen LogP contribution < -0.4 is 10.1 Å². The topological polar surface area (TPSA) is 38.3 Å². The Morgan fingerprint density at radius 3 is 2.60 bits per heavy atom. The second kappa shape index (κ2) is 6.74. The highest BCUT2D eigenvalue weighted by molar-refractivity contribution is 14.1. The highest BCUT2D eigenvalue weighted by Crippen LogP contribution is 2.18. The van der Waals surface area contributed by atoms with E-state index < -0.39 is 0 Å². The zero-order valence-electron chi connectivity index (χ0n) is 11.4. The summed E-state index contributed by atoms with van der Waals surface area (Å²) < 4.78 is 6.51. The summed E-state index contributed by atoms with van der Waals surface area (Å²) in [5, 5.41) is 2.84. The minimum absolute atomic E-state index is 0.00742. The SMILES string of the molecule is Cc1ccc(OCC(=O)Nc2ccccc2I)cc1C. The maximum atomic E-state index is 11.9. The number of amides is 1.